The van der Waals surface area contributed by atoms with Crippen LogP contribution in [0.15, 0.2) is 29.2 Å². The normalized spacial score (nSPS) is 11.3. The summed E-state index contributed by atoms with van der Waals surface area (Å²) in [5.74, 6) is -0.284. The summed E-state index contributed by atoms with van der Waals surface area (Å²) in [7, 11) is -0.770. The van der Waals surface area contributed by atoms with Gasteiger partial charge in [-0.25, -0.2) is 8.42 Å². The summed E-state index contributed by atoms with van der Waals surface area (Å²) < 4.78 is 28.2. The first-order valence-electron chi connectivity index (χ1n) is 5.46. The molecule has 7 nitrogen and oxygen atoms in total. The van der Waals surface area contributed by atoms with Crippen molar-refractivity contribution in [2.75, 3.05) is 27.4 Å². The number of rotatable bonds is 7. The van der Waals surface area contributed by atoms with Crippen molar-refractivity contribution in [1.82, 2.24) is 10.2 Å². The van der Waals surface area contributed by atoms with Gasteiger partial charge < -0.3 is 10.1 Å². The second-order valence-electron chi connectivity index (χ2n) is 3.53. The molecular weight excluding hydrogens is 272 g/mol. The summed E-state index contributed by atoms with van der Waals surface area (Å²) in [5, 5.41) is 2.45. The number of sulfonamides is 1. The van der Waals surface area contributed by atoms with Crippen molar-refractivity contribution >= 4 is 15.9 Å². The molecule has 0 unspecified atom stereocenters. The molecule has 0 bridgehead atoms. The van der Waals surface area contributed by atoms with Crippen LogP contribution < -0.4 is 10.2 Å². The fourth-order valence-electron chi connectivity index (χ4n) is 1.22. The van der Waals surface area contributed by atoms with Crippen LogP contribution in [0.5, 0.6) is 0 Å². The van der Waals surface area contributed by atoms with Crippen LogP contribution in [0, 0.1) is 0 Å². The average molecular weight is 288 g/mol. The van der Waals surface area contributed by atoms with Crippen LogP contribution in [0.1, 0.15) is 10.4 Å². The number of carbonyl (C=O) groups is 1. The van der Waals surface area contributed by atoms with Crippen molar-refractivity contribution < 1.29 is 22.8 Å². The van der Waals surface area contributed by atoms with Crippen molar-refractivity contribution in [2.45, 2.75) is 4.90 Å². The molecule has 0 aromatic heterocycles. The maximum Gasteiger partial charge on any atom is 0.262 e. The van der Waals surface area contributed by atoms with Crippen molar-refractivity contribution in [2.24, 2.45) is 0 Å². The van der Waals surface area contributed by atoms with E-state index in [1.807, 2.05) is 4.89 Å². The molecule has 0 radical (unpaired) electrons. The first kappa shape index (κ1) is 15.6. The largest absolute Gasteiger partial charge is 0.382 e. The second kappa shape index (κ2) is 7.19. The van der Waals surface area contributed by atoms with Crippen molar-refractivity contribution in [3.05, 3.63) is 29.8 Å². The molecule has 0 heterocycles. The van der Waals surface area contributed by atoms with E-state index in [0.717, 1.165) is 0 Å². The molecule has 0 aliphatic carbocycles. The minimum absolute atomic E-state index is 0.0116. The van der Waals surface area contributed by atoms with Gasteiger partial charge in [0.2, 0.25) is 0 Å². The minimum atomic E-state index is -3.75. The molecule has 1 amide bonds. The fourth-order valence-corrected chi connectivity index (χ4v) is 2.05. The van der Waals surface area contributed by atoms with Crippen LogP contribution in [0.25, 0.3) is 0 Å². The third-order valence-electron chi connectivity index (χ3n) is 2.21. The van der Waals surface area contributed by atoms with Crippen LogP contribution >= 0.6 is 0 Å². The summed E-state index contributed by atoms with van der Waals surface area (Å²) in [6.45, 7) is 0.379. The Morgan fingerprint density at radius 1 is 1.21 bits per heavy atom. The minimum Gasteiger partial charge on any atom is -0.382 e. The Hall–Kier alpha value is -1.48. The van der Waals surface area contributed by atoms with Gasteiger partial charge in [-0.3, -0.25) is 9.63 Å². The number of methoxy groups -OCH3 is 1. The molecule has 8 heteroatoms. The lowest BCUT2D eigenvalue weighted by Crippen LogP contribution is -2.26. The predicted molar refractivity (Wildman–Crippen MR) is 68.0 cm³/mol. The molecule has 0 atom stereocenters. The number of ether oxygens (including phenoxy) is 1. The highest BCUT2D eigenvalue weighted by molar-refractivity contribution is 7.89. The fraction of sp³-hybridized carbons (Fsp3) is 0.364. The smallest absolute Gasteiger partial charge is 0.262 e. The molecule has 1 aromatic rings. The van der Waals surface area contributed by atoms with Gasteiger partial charge in [0.05, 0.1) is 18.1 Å². The number of nitrogens with one attached hydrogen (secondary N) is 2. The Labute approximate surface area is 111 Å². The standard InChI is InChI=1S/C11H16N2O5S/c1-12-11(14)9-3-5-10(6-4-9)19(15,16)13-18-8-7-17-2/h3-6,13H,7-8H2,1-2H3,(H,12,14). The van der Waals surface area contributed by atoms with Crippen molar-refractivity contribution in [1.29, 1.82) is 0 Å². The lowest BCUT2D eigenvalue weighted by Gasteiger charge is -2.07. The van der Waals surface area contributed by atoms with Gasteiger partial charge in [0.1, 0.15) is 0 Å². The van der Waals surface area contributed by atoms with E-state index in [9.17, 15) is 13.2 Å². The van der Waals surface area contributed by atoms with Crippen LogP contribution in [-0.2, 0) is 19.6 Å². The van der Waals surface area contributed by atoms with Crippen molar-refractivity contribution in [3.63, 3.8) is 0 Å². The number of carbonyl (C=O) groups excluding carboxylic acids is 1. The monoisotopic (exact) mass is 288 g/mol. The molecule has 0 aliphatic rings. The quantitative estimate of drug-likeness (QED) is 0.540. The molecule has 0 saturated heterocycles. The van der Waals surface area contributed by atoms with E-state index in [-0.39, 0.29) is 24.0 Å². The van der Waals surface area contributed by atoms with Crippen molar-refractivity contribution in [3.8, 4) is 0 Å². The van der Waals surface area contributed by atoms with Crippen LogP contribution in [0.4, 0.5) is 0 Å². The Bertz CT molecular complexity index is 512. The Balaban J connectivity index is 2.71. The first-order valence-corrected chi connectivity index (χ1v) is 6.94. The zero-order valence-corrected chi connectivity index (χ0v) is 11.5. The van der Waals surface area contributed by atoms with Gasteiger partial charge >= 0.3 is 0 Å². The van der Waals surface area contributed by atoms with E-state index in [0.29, 0.717) is 5.56 Å². The zero-order chi connectivity index (χ0) is 14.3. The summed E-state index contributed by atoms with van der Waals surface area (Å²) >= 11 is 0. The van der Waals surface area contributed by atoms with E-state index in [2.05, 4.69) is 5.32 Å². The van der Waals surface area contributed by atoms with Gasteiger partial charge in [0, 0.05) is 19.7 Å². The summed E-state index contributed by atoms with van der Waals surface area (Å²) in [5.41, 5.74) is 0.377. The van der Waals surface area contributed by atoms with E-state index < -0.39 is 10.0 Å². The van der Waals surface area contributed by atoms with Gasteiger partial charge in [-0.05, 0) is 24.3 Å². The lowest BCUT2D eigenvalue weighted by atomic mass is 10.2. The van der Waals surface area contributed by atoms with E-state index in [4.69, 9.17) is 9.57 Å². The lowest BCUT2D eigenvalue weighted by molar-refractivity contribution is 0.0438. The Morgan fingerprint density at radius 2 is 1.84 bits per heavy atom. The van der Waals surface area contributed by atoms with Crippen LogP contribution in [-0.4, -0.2) is 41.7 Å². The maximum atomic E-state index is 11.8. The summed E-state index contributed by atoms with van der Waals surface area (Å²) in [6.07, 6.45) is 0. The molecule has 0 aliphatic heterocycles. The van der Waals surface area contributed by atoms with E-state index >= 15 is 0 Å². The molecule has 106 valence electrons. The van der Waals surface area contributed by atoms with Gasteiger partial charge in [-0.2, -0.15) is 0 Å². The topological polar surface area (TPSA) is 93.7 Å². The summed E-state index contributed by atoms with van der Waals surface area (Å²) in [6, 6.07) is 5.49. The Morgan fingerprint density at radius 3 is 2.37 bits per heavy atom. The predicted octanol–water partition coefficient (Wildman–Crippen LogP) is -0.0975. The Kier molecular flexibility index (Phi) is 5.90. The molecular formula is C11H16N2O5S. The molecule has 1 rings (SSSR count). The highest BCUT2D eigenvalue weighted by atomic mass is 32.2. The number of amides is 1. The highest BCUT2D eigenvalue weighted by Crippen LogP contribution is 2.10. The van der Waals surface area contributed by atoms with E-state index in [1.165, 1.54) is 38.4 Å². The second-order valence-corrected chi connectivity index (χ2v) is 5.18. The zero-order valence-electron chi connectivity index (χ0n) is 10.7. The van der Waals surface area contributed by atoms with Gasteiger partial charge in [0.15, 0.2) is 0 Å². The molecule has 0 spiro atoms. The van der Waals surface area contributed by atoms with Gasteiger partial charge in [-0.1, -0.05) is 4.89 Å². The average Bonchev–Trinajstić information content (AvgIpc) is 2.43. The van der Waals surface area contributed by atoms with Crippen LogP contribution in [0.2, 0.25) is 0 Å². The molecule has 19 heavy (non-hydrogen) atoms. The van der Waals surface area contributed by atoms with Gasteiger partial charge in [0.25, 0.3) is 15.9 Å². The van der Waals surface area contributed by atoms with Crippen LogP contribution in [0.3, 0.4) is 0 Å². The highest BCUT2D eigenvalue weighted by Gasteiger charge is 2.14. The SMILES string of the molecule is CNC(=O)c1ccc(S(=O)(=O)NOCCOC)cc1. The molecule has 2 N–H and O–H groups in total. The third kappa shape index (κ3) is 4.60. The van der Waals surface area contributed by atoms with Gasteiger partial charge in [-0.15, -0.1) is 0 Å². The number of hydrogen-bond acceptors (Lipinski definition) is 5. The first-order chi connectivity index (χ1) is 9.01. The molecule has 0 saturated carbocycles. The molecule has 0 fully saturated rings. The molecule has 1 aromatic carbocycles. The maximum absolute atomic E-state index is 11.8. The third-order valence-corrected chi connectivity index (χ3v) is 3.44. The summed E-state index contributed by atoms with van der Waals surface area (Å²) in [4.78, 5) is 18.0. The van der Waals surface area contributed by atoms with E-state index in [1.54, 1.807) is 0 Å². The number of hydrogen-bond donors (Lipinski definition) is 2. The number of benzene rings is 1.